The van der Waals surface area contributed by atoms with E-state index in [1.165, 1.54) is 6.92 Å². The zero-order chi connectivity index (χ0) is 21.7. The maximum Gasteiger partial charge on any atom is 0.433 e. The zero-order valence-electron chi connectivity index (χ0n) is 16.3. The average Bonchev–Trinajstić information content (AvgIpc) is 3.38. The second-order valence-electron chi connectivity index (χ2n) is 7.47. The van der Waals surface area contributed by atoms with E-state index in [1.807, 2.05) is 0 Å². The summed E-state index contributed by atoms with van der Waals surface area (Å²) in [4.78, 5) is 12.5. The lowest BCUT2D eigenvalue weighted by molar-refractivity contribution is -0.144. The minimum atomic E-state index is -4.76. The Morgan fingerprint density at radius 3 is 2.20 bits per heavy atom. The first-order valence-corrected chi connectivity index (χ1v) is 11.2. The number of nitrogens with zero attached hydrogens (tertiary/aromatic N) is 2. The molecule has 0 atom stereocenters. The van der Waals surface area contributed by atoms with Gasteiger partial charge in [-0.15, -0.1) is 0 Å². The van der Waals surface area contributed by atoms with E-state index in [0.717, 1.165) is 60.8 Å². The third-order valence-corrected chi connectivity index (χ3v) is 6.77. The molecule has 7 nitrogen and oxygen atoms in total. The molecule has 162 valence electrons. The molecular weight excluding hydrogens is 421 g/mol. The van der Waals surface area contributed by atoms with Gasteiger partial charge in [0.25, 0.3) is 10.0 Å². The minimum Gasteiger partial charge on any atom is -0.307 e. The molecule has 1 heterocycles. The summed E-state index contributed by atoms with van der Waals surface area (Å²) in [5, 5.41) is 5.31. The van der Waals surface area contributed by atoms with Crippen molar-refractivity contribution < 1.29 is 26.4 Å². The first-order valence-electron chi connectivity index (χ1n) is 9.75. The second kappa shape index (κ2) is 7.29. The zero-order valence-corrected chi connectivity index (χ0v) is 17.1. The fraction of sp³-hybridized carbons (Fsp3) is 0.474. The number of aryl methyl sites for hydroxylation is 3. The first kappa shape index (κ1) is 20.7. The number of benzene rings is 1. The number of carbonyl (C=O) groups is 1. The summed E-state index contributed by atoms with van der Waals surface area (Å²) >= 11 is 0. The summed E-state index contributed by atoms with van der Waals surface area (Å²) < 4.78 is 66.6. The van der Waals surface area contributed by atoms with Gasteiger partial charge in [0.1, 0.15) is 5.69 Å². The highest BCUT2D eigenvalue weighted by atomic mass is 32.2. The summed E-state index contributed by atoms with van der Waals surface area (Å²) in [7, 11) is -4.57. The third kappa shape index (κ3) is 3.66. The van der Waals surface area contributed by atoms with Crippen LogP contribution in [0.1, 0.15) is 47.7 Å². The van der Waals surface area contributed by atoms with Crippen molar-refractivity contribution >= 4 is 21.7 Å². The SMILES string of the molecule is CCn1nc(S(=O)(=O)NC(=O)Nc2c3c(cc4c2CCC4)CCC3)cc1C(F)(F)F. The Morgan fingerprint density at radius 2 is 1.70 bits per heavy atom. The van der Waals surface area contributed by atoms with Crippen molar-refractivity contribution in [1.29, 1.82) is 0 Å². The van der Waals surface area contributed by atoms with E-state index in [-0.39, 0.29) is 6.54 Å². The number of anilines is 1. The van der Waals surface area contributed by atoms with Gasteiger partial charge in [0, 0.05) is 18.3 Å². The van der Waals surface area contributed by atoms with Crippen LogP contribution in [0.25, 0.3) is 0 Å². The standard InChI is InChI=1S/C19H21F3N4O3S/c1-2-26-15(19(20,21)22)10-16(24-26)30(28,29)25-18(27)23-17-13-7-3-5-11(13)9-12-6-4-8-14(12)17/h9-10H,2-8H2,1H3,(H2,23,25,27). The van der Waals surface area contributed by atoms with Crippen LogP contribution in [0.3, 0.4) is 0 Å². The molecule has 2 aromatic rings. The van der Waals surface area contributed by atoms with Crippen molar-refractivity contribution in [3.05, 3.63) is 40.1 Å². The van der Waals surface area contributed by atoms with Crippen molar-refractivity contribution in [1.82, 2.24) is 14.5 Å². The van der Waals surface area contributed by atoms with Crippen molar-refractivity contribution in [3.8, 4) is 0 Å². The number of sulfonamides is 1. The van der Waals surface area contributed by atoms with E-state index >= 15 is 0 Å². The summed E-state index contributed by atoms with van der Waals surface area (Å²) in [6.07, 6.45) is 0.562. The van der Waals surface area contributed by atoms with Crippen molar-refractivity contribution in [2.45, 2.75) is 63.2 Å². The smallest absolute Gasteiger partial charge is 0.307 e. The summed E-state index contributed by atoms with van der Waals surface area (Å²) in [6.45, 7) is 1.24. The molecular formula is C19H21F3N4O3S. The molecule has 0 fully saturated rings. The van der Waals surface area contributed by atoms with Gasteiger partial charge in [0.05, 0.1) is 0 Å². The van der Waals surface area contributed by atoms with Crippen LogP contribution < -0.4 is 10.0 Å². The Labute approximate surface area is 171 Å². The lowest BCUT2D eigenvalue weighted by Crippen LogP contribution is -2.35. The lowest BCUT2D eigenvalue weighted by atomic mass is 9.99. The van der Waals surface area contributed by atoms with Gasteiger partial charge in [0.2, 0.25) is 0 Å². The molecule has 2 N–H and O–H groups in total. The molecule has 30 heavy (non-hydrogen) atoms. The van der Waals surface area contributed by atoms with Crippen LogP contribution >= 0.6 is 0 Å². The molecule has 0 unspecified atom stereocenters. The highest BCUT2D eigenvalue weighted by Gasteiger charge is 2.37. The highest BCUT2D eigenvalue weighted by molar-refractivity contribution is 7.90. The predicted octanol–water partition coefficient (Wildman–Crippen LogP) is 3.41. The number of carbonyl (C=O) groups excluding carboxylic acids is 1. The third-order valence-electron chi connectivity index (χ3n) is 5.56. The van der Waals surface area contributed by atoms with Gasteiger partial charge >= 0.3 is 12.2 Å². The summed E-state index contributed by atoms with van der Waals surface area (Å²) in [5.41, 5.74) is 3.79. The van der Waals surface area contributed by atoms with Crippen LogP contribution in [0.4, 0.5) is 23.7 Å². The molecule has 2 aliphatic carbocycles. The normalized spacial score (nSPS) is 15.7. The Kier molecular flexibility index (Phi) is 5.03. The summed E-state index contributed by atoms with van der Waals surface area (Å²) in [6, 6.07) is 1.58. The quantitative estimate of drug-likeness (QED) is 0.759. The molecule has 2 aliphatic rings. The predicted molar refractivity (Wildman–Crippen MR) is 103 cm³/mol. The van der Waals surface area contributed by atoms with Gasteiger partial charge < -0.3 is 5.32 Å². The molecule has 0 spiro atoms. The topological polar surface area (TPSA) is 93.1 Å². The molecule has 0 saturated carbocycles. The van der Waals surface area contributed by atoms with E-state index in [0.29, 0.717) is 16.4 Å². The van der Waals surface area contributed by atoms with Gasteiger partial charge in [-0.1, -0.05) is 6.07 Å². The van der Waals surface area contributed by atoms with E-state index in [9.17, 15) is 26.4 Å². The van der Waals surface area contributed by atoms with Gasteiger partial charge in [-0.2, -0.15) is 26.7 Å². The average molecular weight is 442 g/mol. The number of aromatic nitrogens is 2. The Balaban J connectivity index is 1.59. The molecule has 0 aliphatic heterocycles. The van der Waals surface area contributed by atoms with E-state index in [1.54, 1.807) is 4.72 Å². The van der Waals surface area contributed by atoms with Gasteiger partial charge in [-0.25, -0.2) is 9.52 Å². The number of amides is 2. The van der Waals surface area contributed by atoms with Crippen LogP contribution in [0.2, 0.25) is 0 Å². The number of hydrogen-bond acceptors (Lipinski definition) is 4. The van der Waals surface area contributed by atoms with Gasteiger partial charge in [-0.05, 0) is 67.7 Å². The van der Waals surface area contributed by atoms with Gasteiger partial charge in [-0.3, -0.25) is 4.68 Å². The minimum absolute atomic E-state index is 0.168. The van der Waals surface area contributed by atoms with Crippen LogP contribution in [0.15, 0.2) is 17.2 Å². The molecule has 4 rings (SSSR count). The van der Waals surface area contributed by atoms with Crippen LogP contribution in [0, 0.1) is 0 Å². The fourth-order valence-corrected chi connectivity index (χ4v) is 5.15. The fourth-order valence-electron chi connectivity index (χ4n) is 4.27. The molecule has 1 aromatic carbocycles. The van der Waals surface area contributed by atoms with Crippen molar-refractivity contribution in [2.75, 3.05) is 5.32 Å². The van der Waals surface area contributed by atoms with E-state index < -0.39 is 33.0 Å². The van der Waals surface area contributed by atoms with E-state index in [4.69, 9.17) is 0 Å². The van der Waals surface area contributed by atoms with Crippen LogP contribution in [0.5, 0.6) is 0 Å². The van der Waals surface area contributed by atoms with Crippen LogP contribution in [-0.4, -0.2) is 24.2 Å². The lowest BCUT2D eigenvalue weighted by Gasteiger charge is -2.16. The Morgan fingerprint density at radius 1 is 1.10 bits per heavy atom. The van der Waals surface area contributed by atoms with Crippen molar-refractivity contribution in [3.63, 3.8) is 0 Å². The highest BCUT2D eigenvalue weighted by Crippen LogP contribution is 2.38. The largest absolute Gasteiger partial charge is 0.433 e. The maximum atomic E-state index is 13.1. The van der Waals surface area contributed by atoms with Crippen LogP contribution in [-0.2, 0) is 48.4 Å². The molecule has 0 radical (unpaired) electrons. The second-order valence-corrected chi connectivity index (χ2v) is 9.10. The molecule has 2 amide bonds. The Hall–Kier alpha value is -2.56. The molecule has 1 aromatic heterocycles. The number of halogens is 3. The first-order chi connectivity index (χ1) is 14.1. The number of hydrogen-bond donors (Lipinski definition) is 2. The maximum absolute atomic E-state index is 13.1. The van der Waals surface area contributed by atoms with Crippen molar-refractivity contribution in [2.24, 2.45) is 0 Å². The molecule has 11 heteroatoms. The number of urea groups is 1. The molecule has 0 saturated heterocycles. The summed E-state index contributed by atoms with van der Waals surface area (Å²) in [5.74, 6) is 0. The monoisotopic (exact) mass is 442 g/mol. The Bertz CT molecular complexity index is 1090. The van der Waals surface area contributed by atoms with E-state index in [2.05, 4.69) is 16.5 Å². The van der Waals surface area contributed by atoms with Gasteiger partial charge in [0.15, 0.2) is 5.03 Å². The molecule has 0 bridgehead atoms. The number of rotatable bonds is 4. The number of alkyl halides is 3. The number of nitrogens with one attached hydrogen (secondary N) is 2. The number of fused-ring (bicyclic) bond motifs is 2.